The molecule has 0 saturated carbocycles. The maximum Gasteiger partial charge on any atom is 0.208 e. The van der Waals surface area contributed by atoms with Crippen molar-refractivity contribution < 1.29 is 16.8 Å². The van der Waals surface area contributed by atoms with Crippen molar-refractivity contribution in [2.75, 3.05) is 23.9 Å². The first-order chi connectivity index (χ1) is 12.2. The van der Waals surface area contributed by atoms with E-state index < -0.39 is 19.9 Å². The molecular formula is C15H17N5O4S2. The minimum absolute atomic E-state index is 0.0180. The molecule has 11 heteroatoms. The largest absolute Gasteiger partial charge is 0.339 e. The van der Waals surface area contributed by atoms with Gasteiger partial charge in [0.05, 0.1) is 29.8 Å². The molecule has 9 nitrogen and oxygen atoms in total. The maximum atomic E-state index is 12.5. The molecule has 138 valence electrons. The van der Waals surface area contributed by atoms with Crippen LogP contribution < -0.4 is 10.0 Å². The number of aromatic nitrogens is 2. The number of rotatable bonds is 8. The number of nitriles is 1. The molecule has 0 unspecified atom stereocenters. The molecule has 0 saturated heterocycles. The van der Waals surface area contributed by atoms with Crippen LogP contribution in [-0.4, -0.2) is 45.4 Å². The first-order valence-electron chi connectivity index (χ1n) is 7.46. The van der Waals surface area contributed by atoms with Gasteiger partial charge < -0.3 is 5.32 Å². The fraction of sp³-hybridized carbons (Fsp3) is 0.267. The third-order valence-corrected chi connectivity index (χ3v) is 5.77. The van der Waals surface area contributed by atoms with Crippen molar-refractivity contribution in [3.05, 3.63) is 42.4 Å². The highest BCUT2D eigenvalue weighted by atomic mass is 32.2. The number of nitrogens with zero attached hydrogens (tertiary/aromatic N) is 3. The number of nitrogens with one attached hydrogen (secondary N) is 2. The Morgan fingerprint density at radius 2 is 1.85 bits per heavy atom. The number of anilines is 2. The number of benzene rings is 1. The van der Waals surface area contributed by atoms with E-state index in [2.05, 4.69) is 20.0 Å². The predicted octanol–water partition coefficient (Wildman–Crippen LogP) is 0.805. The van der Waals surface area contributed by atoms with E-state index >= 15 is 0 Å². The van der Waals surface area contributed by atoms with Gasteiger partial charge in [-0.1, -0.05) is 0 Å². The van der Waals surface area contributed by atoms with Crippen LogP contribution in [0.1, 0.15) is 12.0 Å². The summed E-state index contributed by atoms with van der Waals surface area (Å²) in [6.07, 6.45) is 3.53. The molecule has 0 spiro atoms. The zero-order valence-electron chi connectivity index (χ0n) is 13.9. The van der Waals surface area contributed by atoms with Crippen LogP contribution in [0.5, 0.6) is 0 Å². The SMILES string of the molecule is CS(=O)(=O)NCCCS(=O)(=O)c1cncnc1Nc1ccc(C#N)cc1. The number of sulfonamides is 1. The summed E-state index contributed by atoms with van der Waals surface area (Å²) in [5, 5.41) is 11.7. The monoisotopic (exact) mass is 395 g/mol. The van der Waals surface area contributed by atoms with Crippen LogP contribution in [0, 0.1) is 11.3 Å². The Balaban J connectivity index is 2.14. The van der Waals surface area contributed by atoms with Gasteiger partial charge in [-0.2, -0.15) is 5.26 Å². The Bertz CT molecular complexity index is 1010. The zero-order valence-corrected chi connectivity index (χ0v) is 15.5. The summed E-state index contributed by atoms with van der Waals surface area (Å²) in [6.45, 7) is 0.0180. The van der Waals surface area contributed by atoms with Crippen molar-refractivity contribution in [3.8, 4) is 6.07 Å². The Labute approximate surface area is 152 Å². The van der Waals surface area contributed by atoms with Gasteiger partial charge in [-0.05, 0) is 30.7 Å². The van der Waals surface area contributed by atoms with Crippen molar-refractivity contribution in [2.45, 2.75) is 11.3 Å². The van der Waals surface area contributed by atoms with E-state index in [1.807, 2.05) is 6.07 Å². The van der Waals surface area contributed by atoms with Gasteiger partial charge in [-0.15, -0.1) is 0 Å². The average Bonchev–Trinajstić information content (AvgIpc) is 2.59. The molecule has 0 aliphatic carbocycles. The van der Waals surface area contributed by atoms with Crippen LogP contribution in [0.25, 0.3) is 0 Å². The van der Waals surface area contributed by atoms with Gasteiger partial charge in [-0.25, -0.2) is 31.5 Å². The maximum absolute atomic E-state index is 12.5. The lowest BCUT2D eigenvalue weighted by Crippen LogP contribution is -2.25. The van der Waals surface area contributed by atoms with E-state index in [4.69, 9.17) is 5.26 Å². The fourth-order valence-electron chi connectivity index (χ4n) is 2.03. The van der Waals surface area contributed by atoms with Gasteiger partial charge in [0.2, 0.25) is 10.0 Å². The smallest absolute Gasteiger partial charge is 0.208 e. The number of hydrogen-bond acceptors (Lipinski definition) is 8. The molecule has 26 heavy (non-hydrogen) atoms. The summed E-state index contributed by atoms with van der Waals surface area (Å²) in [4.78, 5) is 7.66. The van der Waals surface area contributed by atoms with Crippen LogP contribution in [0.15, 0.2) is 41.7 Å². The Hall–Kier alpha value is -2.55. The lowest BCUT2D eigenvalue weighted by molar-refractivity contribution is 0.580. The third kappa shape index (κ3) is 5.76. The van der Waals surface area contributed by atoms with Crippen molar-refractivity contribution in [3.63, 3.8) is 0 Å². The lowest BCUT2D eigenvalue weighted by atomic mass is 10.2. The Kier molecular flexibility index (Phi) is 6.25. The molecule has 0 atom stereocenters. The topological polar surface area (TPSA) is 142 Å². The molecule has 1 heterocycles. The molecule has 0 bridgehead atoms. The standard InChI is InChI=1S/C15H17N5O4S2/c1-25(21,22)19-7-2-8-26(23,24)14-10-17-11-18-15(14)20-13-5-3-12(9-16)4-6-13/h3-6,10-11,19H,2,7-8H2,1H3,(H,17,18,20). The van der Waals surface area contributed by atoms with E-state index in [0.29, 0.717) is 11.3 Å². The van der Waals surface area contributed by atoms with Gasteiger partial charge in [0.25, 0.3) is 0 Å². The van der Waals surface area contributed by atoms with Crippen molar-refractivity contribution in [1.29, 1.82) is 5.26 Å². The first-order valence-corrected chi connectivity index (χ1v) is 11.0. The quantitative estimate of drug-likeness (QED) is 0.625. The van der Waals surface area contributed by atoms with Crippen LogP contribution in [-0.2, 0) is 19.9 Å². The van der Waals surface area contributed by atoms with Crippen LogP contribution in [0.4, 0.5) is 11.5 Å². The first kappa shape index (κ1) is 19.8. The minimum Gasteiger partial charge on any atom is -0.339 e. The summed E-state index contributed by atoms with van der Waals surface area (Å²) in [5.41, 5.74) is 1.04. The summed E-state index contributed by atoms with van der Waals surface area (Å²) in [5.74, 6) is -0.147. The molecule has 0 fully saturated rings. The van der Waals surface area contributed by atoms with Crippen LogP contribution in [0.3, 0.4) is 0 Å². The summed E-state index contributed by atoms with van der Waals surface area (Å²) >= 11 is 0. The van der Waals surface area contributed by atoms with E-state index in [1.165, 1.54) is 12.5 Å². The molecule has 0 amide bonds. The van der Waals surface area contributed by atoms with Gasteiger partial charge in [0.15, 0.2) is 15.7 Å². The lowest BCUT2D eigenvalue weighted by Gasteiger charge is -2.11. The molecule has 1 aromatic heterocycles. The van der Waals surface area contributed by atoms with E-state index in [1.54, 1.807) is 24.3 Å². The van der Waals surface area contributed by atoms with Gasteiger partial charge in [-0.3, -0.25) is 0 Å². The molecule has 0 aliphatic rings. The highest BCUT2D eigenvalue weighted by Crippen LogP contribution is 2.23. The van der Waals surface area contributed by atoms with E-state index in [9.17, 15) is 16.8 Å². The molecule has 0 radical (unpaired) electrons. The summed E-state index contributed by atoms with van der Waals surface area (Å²) in [6, 6.07) is 8.44. The normalized spacial score (nSPS) is 11.7. The molecule has 2 aromatic rings. The second-order valence-corrected chi connectivity index (χ2v) is 9.30. The summed E-state index contributed by atoms with van der Waals surface area (Å²) < 4.78 is 49.3. The van der Waals surface area contributed by atoms with Gasteiger partial charge in [0, 0.05) is 12.2 Å². The van der Waals surface area contributed by atoms with E-state index in [-0.39, 0.29) is 29.4 Å². The average molecular weight is 395 g/mol. The highest BCUT2D eigenvalue weighted by molar-refractivity contribution is 7.91. The molecule has 0 aliphatic heterocycles. The molecule has 2 N–H and O–H groups in total. The Morgan fingerprint density at radius 3 is 2.46 bits per heavy atom. The predicted molar refractivity (Wildman–Crippen MR) is 96.0 cm³/mol. The van der Waals surface area contributed by atoms with Gasteiger partial charge >= 0.3 is 0 Å². The van der Waals surface area contributed by atoms with E-state index in [0.717, 1.165) is 6.26 Å². The highest BCUT2D eigenvalue weighted by Gasteiger charge is 2.20. The molecule has 2 rings (SSSR count). The minimum atomic E-state index is -3.72. The van der Waals surface area contributed by atoms with Crippen LogP contribution in [0.2, 0.25) is 0 Å². The van der Waals surface area contributed by atoms with Crippen molar-refractivity contribution >= 4 is 31.4 Å². The zero-order chi connectivity index (χ0) is 19.2. The second-order valence-electron chi connectivity index (χ2n) is 5.39. The third-order valence-electron chi connectivity index (χ3n) is 3.24. The summed E-state index contributed by atoms with van der Waals surface area (Å²) in [7, 11) is -7.08. The fourth-order valence-corrected chi connectivity index (χ4v) is 3.91. The number of sulfone groups is 1. The van der Waals surface area contributed by atoms with Crippen molar-refractivity contribution in [2.24, 2.45) is 0 Å². The second kappa shape index (κ2) is 8.22. The van der Waals surface area contributed by atoms with Gasteiger partial charge in [0.1, 0.15) is 11.2 Å². The van der Waals surface area contributed by atoms with Crippen molar-refractivity contribution in [1.82, 2.24) is 14.7 Å². The van der Waals surface area contributed by atoms with Crippen LogP contribution >= 0.6 is 0 Å². The molecule has 1 aromatic carbocycles. The molecular weight excluding hydrogens is 378 g/mol. The number of hydrogen-bond donors (Lipinski definition) is 2. The Morgan fingerprint density at radius 1 is 1.15 bits per heavy atom.